The van der Waals surface area contributed by atoms with E-state index >= 15 is 0 Å². The first-order valence-corrected chi connectivity index (χ1v) is 6.11. The summed E-state index contributed by atoms with van der Waals surface area (Å²) in [7, 11) is 0. The van der Waals surface area contributed by atoms with Crippen LogP contribution in [-0.4, -0.2) is 23.2 Å². The highest BCUT2D eigenvalue weighted by molar-refractivity contribution is 5.97. The quantitative estimate of drug-likeness (QED) is 0.820. The molecule has 0 fully saturated rings. The van der Waals surface area contributed by atoms with Crippen molar-refractivity contribution in [1.82, 2.24) is 5.32 Å². The fourth-order valence-corrected chi connectivity index (χ4v) is 1.41. The van der Waals surface area contributed by atoms with E-state index in [9.17, 15) is 9.18 Å². The van der Waals surface area contributed by atoms with Gasteiger partial charge in [-0.05, 0) is 38.5 Å². The number of nitrogens with one attached hydrogen (secondary N) is 1. The van der Waals surface area contributed by atoms with Gasteiger partial charge in [0.2, 0.25) is 0 Å². The van der Waals surface area contributed by atoms with Crippen LogP contribution in [0, 0.1) is 17.7 Å². The van der Waals surface area contributed by atoms with Crippen molar-refractivity contribution >= 4 is 5.91 Å². The average Bonchev–Trinajstić information content (AvgIpc) is 2.36. The second-order valence-electron chi connectivity index (χ2n) is 4.84. The zero-order valence-electron chi connectivity index (χ0n) is 11.4. The number of amides is 1. The summed E-state index contributed by atoms with van der Waals surface area (Å²) in [5, 5.41) is 11.5. The predicted molar refractivity (Wildman–Crippen MR) is 72.2 cm³/mol. The minimum absolute atomic E-state index is 0.183. The van der Waals surface area contributed by atoms with Gasteiger partial charge in [-0.15, -0.1) is 0 Å². The molecule has 4 heteroatoms. The molecule has 0 aliphatic carbocycles. The van der Waals surface area contributed by atoms with Crippen LogP contribution in [0.5, 0.6) is 0 Å². The van der Waals surface area contributed by atoms with E-state index in [1.54, 1.807) is 0 Å². The van der Waals surface area contributed by atoms with Crippen molar-refractivity contribution in [1.29, 1.82) is 0 Å². The molecule has 0 saturated carbocycles. The van der Waals surface area contributed by atoms with Gasteiger partial charge in [-0.25, -0.2) is 4.39 Å². The summed E-state index contributed by atoms with van der Waals surface area (Å²) in [6, 6.07) is 3.83. The Balaban J connectivity index is 3.10. The number of aliphatic hydroxyl groups excluding tert-OH is 1. The van der Waals surface area contributed by atoms with Crippen molar-refractivity contribution in [2.24, 2.45) is 0 Å². The minimum Gasteiger partial charge on any atom is -0.384 e. The molecule has 1 amide bonds. The number of halogens is 1. The first kappa shape index (κ1) is 15.2. The third-order valence-electron chi connectivity index (χ3n) is 2.86. The van der Waals surface area contributed by atoms with E-state index in [4.69, 9.17) is 5.11 Å². The van der Waals surface area contributed by atoms with Crippen molar-refractivity contribution < 1.29 is 14.3 Å². The van der Waals surface area contributed by atoms with E-state index in [1.807, 2.05) is 20.8 Å². The molecule has 0 aromatic heterocycles. The van der Waals surface area contributed by atoms with E-state index in [2.05, 4.69) is 17.2 Å². The highest BCUT2D eigenvalue weighted by atomic mass is 19.1. The van der Waals surface area contributed by atoms with Gasteiger partial charge in [0.15, 0.2) is 0 Å². The van der Waals surface area contributed by atoms with Crippen LogP contribution in [0.3, 0.4) is 0 Å². The number of hydrogen-bond donors (Lipinski definition) is 2. The SMILES string of the molecule is CCC(C)(C)NC(=O)c1cc(F)ccc1C#CCO. The van der Waals surface area contributed by atoms with Crippen molar-refractivity contribution in [3.05, 3.63) is 35.1 Å². The Morgan fingerprint density at radius 3 is 2.74 bits per heavy atom. The molecular formula is C15H18FNO2. The van der Waals surface area contributed by atoms with Crippen LogP contribution in [0.2, 0.25) is 0 Å². The third kappa shape index (κ3) is 4.38. The Morgan fingerprint density at radius 1 is 1.47 bits per heavy atom. The van der Waals surface area contributed by atoms with E-state index < -0.39 is 5.82 Å². The van der Waals surface area contributed by atoms with Gasteiger partial charge in [-0.1, -0.05) is 18.8 Å². The van der Waals surface area contributed by atoms with Crippen LogP contribution in [0.15, 0.2) is 18.2 Å². The number of rotatable bonds is 3. The topological polar surface area (TPSA) is 49.3 Å². The van der Waals surface area contributed by atoms with Crippen molar-refractivity contribution in [2.75, 3.05) is 6.61 Å². The van der Waals surface area contributed by atoms with Gasteiger partial charge in [0.25, 0.3) is 5.91 Å². The number of carbonyl (C=O) groups excluding carboxylic acids is 1. The van der Waals surface area contributed by atoms with Crippen molar-refractivity contribution in [3.8, 4) is 11.8 Å². The molecule has 102 valence electrons. The van der Waals surface area contributed by atoms with Crippen LogP contribution >= 0.6 is 0 Å². The maximum Gasteiger partial charge on any atom is 0.253 e. The van der Waals surface area contributed by atoms with Crippen molar-refractivity contribution in [2.45, 2.75) is 32.7 Å². The molecule has 3 nitrogen and oxygen atoms in total. The predicted octanol–water partition coefficient (Wildman–Crippen LogP) is 2.09. The number of hydrogen-bond acceptors (Lipinski definition) is 2. The van der Waals surface area contributed by atoms with Crippen LogP contribution in [0.1, 0.15) is 43.1 Å². The Morgan fingerprint density at radius 2 is 2.16 bits per heavy atom. The Labute approximate surface area is 112 Å². The monoisotopic (exact) mass is 263 g/mol. The minimum atomic E-state index is -0.492. The first-order chi connectivity index (χ1) is 8.89. The van der Waals surface area contributed by atoms with E-state index in [-0.39, 0.29) is 23.6 Å². The molecule has 0 spiro atoms. The molecule has 0 unspecified atom stereocenters. The van der Waals surface area contributed by atoms with Gasteiger partial charge in [0, 0.05) is 11.1 Å². The molecule has 0 radical (unpaired) electrons. The summed E-state index contributed by atoms with van der Waals surface area (Å²) in [5.74, 6) is 4.25. The van der Waals surface area contributed by atoms with Crippen LogP contribution < -0.4 is 5.32 Å². The fourth-order valence-electron chi connectivity index (χ4n) is 1.41. The highest BCUT2D eigenvalue weighted by Gasteiger charge is 2.20. The van der Waals surface area contributed by atoms with E-state index in [0.717, 1.165) is 12.5 Å². The lowest BCUT2D eigenvalue weighted by Gasteiger charge is -2.24. The second kappa shape index (κ2) is 6.35. The summed E-state index contributed by atoms with van der Waals surface area (Å²) in [6.45, 7) is 5.43. The lowest BCUT2D eigenvalue weighted by atomic mass is 10.00. The molecule has 0 aliphatic heterocycles. The van der Waals surface area contributed by atoms with Gasteiger partial charge in [0.1, 0.15) is 12.4 Å². The molecule has 0 saturated heterocycles. The highest BCUT2D eigenvalue weighted by Crippen LogP contribution is 2.14. The summed E-state index contributed by atoms with van der Waals surface area (Å²) >= 11 is 0. The van der Waals surface area contributed by atoms with Gasteiger partial charge in [-0.3, -0.25) is 4.79 Å². The summed E-state index contributed by atoms with van der Waals surface area (Å²) in [6.07, 6.45) is 0.756. The molecule has 0 heterocycles. The maximum absolute atomic E-state index is 13.3. The molecule has 1 rings (SSSR count). The zero-order chi connectivity index (χ0) is 14.5. The van der Waals surface area contributed by atoms with Gasteiger partial charge >= 0.3 is 0 Å². The summed E-state index contributed by atoms with van der Waals surface area (Å²) in [4.78, 5) is 12.1. The third-order valence-corrected chi connectivity index (χ3v) is 2.86. The Bertz CT molecular complexity index is 527. The largest absolute Gasteiger partial charge is 0.384 e. The van der Waals surface area contributed by atoms with Crippen LogP contribution in [-0.2, 0) is 0 Å². The number of aliphatic hydroxyl groups is 1. The van der Waals surface area contributed by atoms with Crippen LogP contribution in [0.25, 0.3) is 0 Å². The van der Waals surface area contributed by atoms with Crippen LogP contribution in [0.4, 0.5) is 4.39 Å². The first-order valence-electron chi connectivity index (χ1n) is 6.11. The lowest BCUT2D eigenvalue weighted by molar-refractivity contribution is 0.0910. The zero-order valence-corrected chi connectivity index (χ0v) is 11.4. The normalized spacial score (nSPS) is 10.6. The molecule has 1 aromatic carbocycles. The summed E-state index contributed by atoms with van der Waals surface area (Å²) in [5.41, 5.74) is 0.216. The molecule has 0 aliphatic rings. The number of carbonyl (C=O) groups is 1. The molecular weight excluding hydrogens is 245 g/mol. The second-order valence-corrected chi connectivity index (χ2v) is 4.84. The fraction of sp³-hybridized carbons (Fsp3) is 0.400. The molecule has 0 atom stereocenters. The molecule has 19 heavy (non-hydrogen) atoms. The molecule has 0 bridgehead atoms. The number of benzene rings is 1. The Hall–Kier alpha value is -1.86. The molecule has 2 N–H and O–H groups in total. The van der Waals surface area contributed by atoms with E-state index in [0.29, 0.717) is 5.56 Å². The smallest absolute Gasteiger partial charge is 0.253 e. The van der Waals surface area contributed by atoms with Crippen molar-refractivity contribution in [3.63, 3.8) is 0 Å². The van der Waals surface area contributed by atoms with Gasteiger partial charge in [0.05, 0.1) is 5.56 Å². The lowest BCUT2D eigenvalue weighted by Crippen LogP contribution is -2.43. The Kier molecular flexibility index (Phi) is 5.08. The summed E-state index contributed by atoms with van der Waals surface area (Å²) < 4.78 is 13.3. The van der Waals surface area contributed by atoms with Gasteiger partial charge < -0.3 is 10.4 Å². The average molecular weight is 263 g/mol. The molecule has 1 aromatic rings. The van der Waals surface area contributed by atoms with Gasteiger partial charge in [-0.2, -0.15) is 0 Å². The maximum atomic E-state index is 13.3. The van der Waals surface area contributed by atoms with E-state index in [1.165, 1.54) is 12.1 Å². The standard InChI is InChI=1S/C15H18FNO2/c1-4-15(2,3)17-14(19)13-10-12(16)8-7-11(13)6-5-9-18/h7-8,10,18H,4,9H2,1-3H3,(H,17,19).